The fourth-order valence-electron chi connectivity index (χ4n) is 3.00. The summed E-state index contributed by atoms with van der Waals surface area (Å²) in [5, 5.41) is 0. The molecule has 0 radical (unpaired) electrons. The van der Waals surface area contributed by atoms with Gasteiger partial charge in [0.2, 0.25) is 0 Å². The van der Waals surface area contributed by atoms with Crippen molar-refractivity contribution in [3.8, 4) is 0 Å². The summed E-state index contributed by atoms with van der Waals surface area (Å²) >= 11 is 1.83. The normalized spacial score (nSPS) is 13.4. The zero-order valence-corrected chi connectivity index (χ0v) is 20.5. The predicted octanol–water partition coefficient (Wildman–Crippen LogP) is 10.6. The predicted molar refractivity (Wildman–Crippen MR) is 130 cm³/mol. The zero-order chi connectivity index (χ0) is 24.9. The molecule has 180 valence electrons. The van der Waals surface area contributed by atoms with Crippen LogP contribution in [0.5, 0.6) is 0 Å². The van der Waals surface area contributed by atoms with Crippen LogP contribution in [0.2, 0.25) is 0 Å². The van der Waals surface area contributed by atoms with Gasteiger partial charge in [-0.05, 0) is 67.1 Å². The van der Waals surface area contributed by atoms with Gasteiger partial charge in [0.1, 0.15) is 0 Å². The quantitative estimate of drug-likeness (QED) is 0.141. The Labute approximate surface area is 201 Å². The molecular weight excluding hydrogens is 509 g/mol. The summed E-state index contributed by atoms with van der Waals surface area (Å²) < 4.78 is 59.2. The summed E-state index contributed by atoms with van der Waals surface area (Å²) in [5.41, 5.74) is 1.32. The third kappa shape index (κ3) is 9.45. The van der Waals surface area contributed by atoms with E-state index in [9.17, 15) is 25.2 Å². The summed E-state index contributed by atoms with van der Waals surface area (Å²) in [6.07, 6.45) is 0. The van der Waals surface area contributed by atoms with Crippen molar-refractivity contribution in [2.75, 3.05) is 0 Å². The Hall–Kier alpha value is -2.41. The number of hydrogen-bond donors (Lipinski definition) is 0. The molecule has 0 aliphatic rings. The number of benzene rings is 4. The van der Waals surface area contributed by atoms with E-state index in [1.54, 1.807) is 0 Å². The molecule has 4 aromatic carbocycles. The molecule has 9 heteroatoms. The second-order valence-corrected chi connectivity index (χ2v) is 12.3. The SMILES string of the molecule is Cc1cc([S+](c2ccccc2)c2ccccc2)ccc1Sc1ccccc1.F[P-](F)(F)(F)(F)F. The van der Waals surface area contributed by atoms with Gasteiger partial charge in [-0.2, -0.15) is 0 Å². The van der Waals surface area contributed by atoms with Crippen LogP contribution in [-0.2, 0) is 10.9 Å². The maximum absolute atomic E-state index is 10.7. The molecular formula is C25H21F6PS2. The van der Waals surface area contributed by atoms with Crippen molar-refractivity contribution in [2.24, 2.45) is 0 Å². The van der Waals surface area contributed by atoms with Crippen LogP contribution in [0.3, 0.4) is 0 Å². The van der Waals surface area contributed by atoms with Crippen molar-refractivity contribution in [3.63, 3.8) is 0 Å². The topological polar surface area (TPSA) is 0 Å². The van der Waals surface area contributed by atoms with E-state index in [0.717, 1.165) is 0 Å². The fraction of sp³-hybridized carbons (Fsp3) is 0.0400. The van der Waals surface area contributed by atoms with Crippen molar-refractivity contribution in [2.45, 2.75) is 31.4 Å². The summed E-state index contributed by atoms with van der Waals surface area (Å²) in [6.45, 7) is 2.21. The molecule has 34 heavy (non-hydrogen) atoms. The summed E-state index contributed by atoms with van der Waals surface area (Å²) in [6, 6.07) is 39.1. The number of rotatable bonds is 5. The summed E-state index contributed by atoms with van der Waals surface area (Å²) in [5.74, 6) is 0. The van der Waals surface area contributed by atoms with Crippen molar-refractivity contribution < 1.29 is 25.2 Å². The molecule has 0 bridgehead atoms. The molecule has 0 saturated carbocycles. The van der Waals surface area contributed by atoms with E-state index < -0.39 is 7.81 Å². The molecule has 4 aromatic rings. The number of aryl methyl sites for hydroxylation is 1. The van der Waals surface area contributed by atoms with Gasteiger partial charge in [-0.15, -0.1) is 0 Å². The van der Waals surface area contributed by atoms with Crippen LogP contribution < -0.4 is 0 Å². The van der Waals surface area contributed by atoms with Gasteiger partial charge in [0, 0.05) is 9.79 Å². The van der Waals surface area contributed by atoms with Gasteiger partial charge in [-0.25, -0.2) is 0 Å². The van der Waals surface area contributed by atoms with Gasteiger partial charge in [0.05, 0.1) is 10.9 Å². The first-order valence-corrected chi connectivity index (χ1v) is 14.1. The summed E-state index contributed by atoms with van der Waals surface area (Å²) in [7, 11) is -10.7. The average molecular weight is 531 g/mol. The van der Waals surface area contributed by atoms with Crippen molar-refractivity contribution >= 4 is 30.5 Å². The Bertz CT molecular complexity index is 1170. The Morgan fingerprint density at radius 2 is 0.971 bits per heavy atom. The molecule has 4 rings (SSSR count). The van der Waals surface area contributed by atoms with Gasteiger partial charge in [-0.3, -0.25) is 0 Å². The van der Waals surface area contributed by atoms with Crippen LogP contribution in [0.25, 0.3) is 0 Å². The van der Waals surface area contributed by atoms with Gasteiger partial charge >= 0.3 is 33.0 Å². The second kappa shape index (κ2) is 9.68. The van der Waals surface area contributed by atoms with Crippen LogP contribution in [0.15, 0.2) is 134 Å². The molecule has 0 aliphatic heterocycles. The Morgan fingerprint density at radius 3 is 1.38 bits per heavy atom. The molecule has 0 aromatic heterocycles. The Morgan fingerprint density at radius 1 is 0.559 bits per heavy atom. The standard InChI is InChI=1S/C25H21S2.F6P/c1-20-19-24(17-18-25(20)26-21-11-5-2-6-12-21)27(22-13-7-3-8-14-22)23-15-9-4-10-16-23;1-7(2,3,4,5)6/h2-19H,1H3;/q+1;-1. The number of halogens is 6. The van der Waals surface area contributed by atoms with Crippen LogP contribution in [0.1, 0.15) is 5.56 Å². The molecule has 0 saturated heterocycles. The second-order valence-electron chi connectivity index (χ2n) is 7.23. The summed E-state index contributed by atoms with van der Waals surface area (Å²) in [4.78, 5) is 6.66. The van der Waals surface area contributed by atoms with E-state index in [2.05, 4.69) is 116 Å². The third-order valence-electron chi connectivity index (χ3n) is 4.31. The molecule has 0 unspecified atom stereocenters. The van der Waals surface area contributed by atoms with Gasteiger partial charge in [-0.1, -0.05) is 66.4 Å². The van der Waals surface area contributed by atoms with E-state index in [1.165, 1.54) is 30.0 Å². The van der Waals surface area contributed by atoms with Crippen molar-refractivity contribution in [1.29, 1.82) is 0 Å². The van der Waals surface area contributed by atoms with Crippen LogP contribution >= 0.6 is 19.6 Å². The average Bonchev–Trinajstić information content (AvgIpc) is 2.76. The van der Waals surface area contributed by atoms with Crippen molar-refractivity contribution in [1.82, 2.24) is 0 Å². The van der Waals surface area contributed by atoms with Gasteiger partial charge in [0.25, 0.3) is 0 Å². The molecule has 0 fully saturated rings. The van der Waals surface area contributed by atoms with E-state index in [0.29, 0.717) is 0 Å². The first-order valence-electron chi connectivity index (χ1n) is 10.0. The maximum atomic E-state index is 9.87. The third-order valence-corrected chi connectivity index (χ3v) is 7.71. The fourth-order valence-corrected chi connectivity index (χ4v) is 6.08. The van der Waals surface area contributed by atoms with E-state index in [1.807, 2.05) is 11.8 Å². The molecule has 0 heterocycles. The first kappa shape index (κ1) is 26.2. The monoisotopic (exact) mass is 530 g/mol. The molecule has 0 aliphatic carbocycles. The van der Waals surface area contributed by atoms with E-state index in [4.69, 9.17) is 0 Å². The van der Waals surface area contributed by atoms with Gasteiger partial charge in [0.15, 0.2) is 14.7 Å². The van der Waals surface area contributed by atoms with E-state index in [-0.39, 0.29) is 10.9 Å². The Kier molecular flexibility index (Phi) is 7.46. The van der Waals surface area contributed by atoms with Crippen LogP contribution in [0, 0.1) is 6.92 Å². The van der Waals surface area contributed by atoms with Gasteiger partial charge < -0.3 is 0 Å². The number of hydrogen-bond acceptors (Lipinski definition) is 1. The molecule has 0 atom stereocenters. The minimum absolute atomic E-state index is 0.0889. The molecule has 0 N–H and O–H groups in total. The first-order chi connectivity index (χ1) is 15.8. The molecule has 0 spiro atoms. The molecule has 0 amide bonds. The van der Waals surface area contributed by atoms with Crippen molar-refractivity contribution in [3.05, 3.63) is 115 Å². The van der Waals surface area contributed by atoms with E-state index >= 15 is 0 Å². The molecule has 0 nitrogen and oxygen atoms in total. The minimum atomic E-state index is -10.7. The Balaban J connectivity index is 0.000000406. The van der Waals surface area contributed by atoms with Crippen LogP contribution in [0.4, 0.5) is 25.2 Å². The zero-order valence-electron chi connectivity index (χ0n) is 17.9. The van der Waals surface area contributed by atoms with Crippen LogP contribution in [-0.4, -0.2) is 0 Å².